The van der Waals surface area contributed by atoms with Crippen molar-refractivity contribution in [3.05, 3.63) is 29.8 Å². The van der Waals surface area contributed by atoms with Gasteiger partial charge in [0.1, 0.15) is 11.8 Å². The molecule has 0 radical (unpaired) electrons. The highest BCUT2D eigenvalue weighted by atomic mass is 32.2. The summed E-state index contributed by atoms with van der Waals surface area (Å²) >= 11 is 1.76. The maximum Gasteiger partial charge on any atom is 0.246 e. The van der Waals surface area contributed by atoms with Crippen LogP contribution in [0, 0.1) is 5.92 Å². The smallest absolute Gasteiger partial charge is 0.246 e. The highest BCUT2D eigenvalue weighted by Crippen LogP contribution is 2.48. The third kappa shape index (κ3) is 3.44. The van der Waals surface area contributed by atoms with Crippen molar-refractivity contribution in [2.45, 2.75) is 63.0 Å². The topological polar surface area (TPSA) is 49.9 Å². The lowest BCUT2D eigenvalue weighted by molar-refractivity contribution is -0.146. The van der Waals surface area contributed by atoms with Crippen LogP contribution in [0.2, 0.25) is 0 Å². The Balaban J connectivity index is 1.56. The molecule has 3 atom stereocenters. The maximum absolute atomic E-state index is 13.6. The minimum Gasteiger partial charge on any atom is -0.497 e. The van der Waals surface area contributed by atoms with Gasteiger partial charge in [-0.25, -0.2) is 0 Å². The van der Waals surface area contributed by atoms with Crippen LogP contribution in [0.25, 0.3) is 0 Å². The molecule has 1 aromatic carbocycles. The summed E-state index contributed by atoms with van der Waals surface area (Å²) in [5, 5.41) is 0. The molecular weight excluding hydrogens is 360 g/mol. The molecule has 1 aromatic rings. The summed E-state index contributed by atoms with van der Waals surface area (Å²) in [7, 11) is 1.65. The Kier molecular flexibility index (Phi) is 4.87. The highest BCUT2D eigenvalue weighted by Gasteiger charge is 2.54. The third-order valence-corrected chi connectivity index (χ3v) is 7.83. The Morgan fingerprint density at radius 3 is 2.70 bits per heavy atom. The van der Waals surface area contributed by atoms with E-state index in [1.54, 1.807) is 18.9 Å². The number of hydrogen-bond donors (Lipinski definition) is 0. The molecule has 2 saturated heterocycles. The van der Waals surface area contributed by atoms with Gasteiger partial charge < -0.3 is 14.5 Å². The van der Waals surface area contributed by atoms with Gasteiger partial charge in [0, 0.05) is 24.8 Å². The van der Waals surface area contributed by atoms with Gasteiger partial charge in [-0.3, -0.25) is 9.59 Å². The molecular formula is C21H28N2O3S. The lowest BCUT2D eigenvalue weighted by Gasteiger charge is -2.36. The van der Waals surface area contributed by atoms with Gasteiger partial charge in [-0.1, -0.05) is 12.1 Å². The fourth-order valence-electron chi connectivity index (χ4n) is 4.38. The maximum atomic E-state index is 13.6. The van der Waals surface area contributed by atoms with E-state index in [-0.39, 0.29) is 28.8 Å². The van der Waals surface area contributed by atoms with Gasteiger partial charge in [0.05, 0.1) is 12.0 Å². The summed E-state index contributed by atoms with van der Waals surface area (Å²) in [6.07, 6.45) is 3.78. The molecule has 27 heavy (non-hydrogen) atoms. The van der Waals surface area contributed by atoms with Gasteiger partial charge in [-0.05, 0) is 56.7 Å². The van der Waals surface area contributed by atoms with Crippen LogP contribution in [0.1, 0.15) is 45.1 Å². The number of nitrogens with zero attached hydrogens (tertiary/aromatic N) is 2. The molecule has 1 aliphatic carbocycles. The van der Waals surface area contributed by atoms with Gasteiger partial charge in [0.2, 0.25) is 11.8 Å². The second-order valence-electron chi connectivity index (χ2n) is 8.16. The largest absolute Gasteiger partial charge is 0.497 e. The first kappa shape index (κ1) is 18.7. The van der Waals surface area contributed by atoms with Gasteiger partial charge in [-0.15, -0.1) is 11.8 Å². The second kappa shape index (κ2) is 7.04. The average molecular weight is 389 g/mol. The van der Waals surface area contributed by atoms with E-state index in [4.69, 9.17) is 4.74 Å². The zero-order valence-corrected chi connectivity index (χ0v) is 17.1. The van der Waals surface area contributed by atoms with Gasteiger partial charge >= 0.3 is 0 Å². The highest BCUT2D eigenvalue weighted by molar-refractivity contribution is 8.01. The Bertz CT molecular complexity index is 733. The number of rotatable bonds is 6. The summed E-state index contributed by atoms with van der Waals surface area (Å²) in [4.78, 5) is 29.7. The van der Waals surface area contributed by atoms with Gasteiger partial charge in [-0.2, -0.15) is 0 Å². The van der Waals surface area contributed by atoms with Crippen molar-refractivity contribution in [2.24, 2.45) is 5.92 Å². The minimum atomic E-state index is -0.325. The van der Waals surface area contributed by atoms with Crippen molar-refractivity contribution in [1.29, 1.82) is 0 Å². The van der Waals surface area contributed by atoms with E-state index >= 15 is 0 Å². The lowest BCUT2D eigenvalue weighted by atomic mass is 10.1. The zero-order valence-electron chi connectivity index (χ0n) is 16.3. The van der Waals surface area contributed by atoms with E-state index in [1.165, 1.54) is 12.8 Å². The van der Waals surface area contributed by atoms with Crippen molar-refractivity contribution in [2.75, 3.05) is 12.9 Å². The van der Waals surface area contributed by atoms with Crippen LogP contribution in [0.4, 0.5) is 0 Å². The van der Waals surface area contributed by atoms with Crippen LogP contribution < -0.4 is 4.74 Å². The van der Waals surface area contributed by atoms with E-state index in [9.17, 15) is 9.59 Å². The molecule has 2 amide bonds. The van der Waals surface area contributed by atoms with E-state index in [1.807, 2.05) is 34.1 Å². The van der Waals surface area contributed by atoms with Gasteiger partial charge in [0.25, 0.3) is 0 Å². The monoisotopic (exact) mass is 388 g/mol. The summed E-state index contributed by atoms with van der Waals surface area (Å²) < 4.78 is 5.24. The first-order valence-corrected chi connectivity index (χ1v) is 10.8. The first-order chi connectivity index (χ1) is 12.9. The molecule has 4 rings (SSSR count). The van der Waals surface area contributed by atoms with Crippen molar-refractivity contribution in [3.63, 3.8) is 0 Å². The quantitative estimate of drug-likeness (QED) is 0.750. The molecule has 3 unspecified atom stereocenters. The molecule has 0 N–H and O–H groups in total. The Labute approximate surface area is 165 Å². The molecule has 3 aliphatic rings. The van der Waals surface area contributed by atoms with E-state index in [0.29, 0.717) is 24.6 Å². The average Bonchev–Trinajstić information content (AvgIpc) is 3.40. The number of amides is 2. The second-order valence-corrected chi connectivity index (χ2v) is 9.66. The number of carbonyl (C=O) groups is 2. The number of thioether (sulfide) groups is 1. The molecule has 146 valence electrons. The number of fused-ring (bicyclic) bond motifs is 1. The number of benzene rings is 1. The lowest BCUT2D eigenvalue weighted by Crippen LogP contribution is -2.53. The molecule has 5 nitrogen and oxygen atoms in total. The van der Waals surface area contributed by atoms with Crippen molar-refractivity contribution < 1.29 is 14.3 Å². The fourth-order valence-corrected chi connectivity index (χ4v) is 5.80. The van der Waals surface area contributed by atoms with E-state index in [0.717, 1.165) is 17.7 Å². The normalized spacial score (nSPS) is 28.2. The Morgan fingerprint density at radius 1 is 1.37 bits per heavy atom. The summed E-state index contributed by atoms with van der Waals surface area (Å²) in [5.41, 5.74) is 1.10. The molecule has 2 heterocycles. The van der Waals surface area contributed by atoms with Crippen molar-refractivity contribution in [3.8, 4) is 5.75 Å². The van der Waals surface area contributed by atoms with Crippen LogP contribution >= 0.6 is 11.8 Å². The van der Waals surface area contributed by atoms with E-state index < -0.39 is 0 Å². The summed E-state index contributed by atoms with van der Waals surface area (Å²) in [6, 6.07) is 7.79. The predicted molar refractivity (Wildman–Crippen MR) is 106 cm³/mol. The number of ether oxygens (including phenoxy) is 1. The first-order valence-electron chi connectivity index (χ1n) is 9.82. The minimum absolute atomic E-state index is 0.108. The molecule has 0 bridgehead atoms. The third-order valence-electron chi connectivity index (χ3n) is 6.32. The predicted octanol–water partition coefficient (Wildman–Crippen LogP) is 3.28. The number of methoxy groups -OCH3 is 1. The van der Waals surface area contributed by atoms with Crippen molar-refractivity contribution in [1.82, 2.24) is 9.80 Å². The fraction of sp³-hybridized carbons (Fsp3) is 0.619. The molecule has 2 aliphatic heterocycles. The Morgan fingerprint density at radius 2 is 2.07 bits per heavy atom. The zero-order chi connectivity index (χ0) is 19.2. The van der Waals surface area contributed by atoms with Crippen LogP contribution in [0.5, 0.6) is 5.75 Å². The number of carbonyl (C=O) groups excluding carboxylic acids is 2. The number of hydrogen-bond acceptors (Lipinski definition) is 4. The molecule has 6 heteroatoms. The van der Waals surface area contributed by atoms with Crippen LogP contribution in [-0.2, 0) is 16.1 Å². The molecule has 3 fully saturated rings. The SMILES string of the molecule is COc1ccc(CN(C(=O)C2CSC3(C)CCC(=O)N23)C(C)C2CC2)cc1. The molecule has 1 saturated carbocycles. The molecule has 0 spiro atoms. The summed E-state index contributed by atoms with van der Waals surface area (Å²) in [6.45, 7) is 4.85. The van der Waals surface area contributed by atoms with E-state index in [2.05, 4.69) is 13.8 Å². The summed E-state index contributed by atoms with van der Waals surface area (Å²) in [5.74, 6) is 2.35. The molecule has 0 aromatic heterocycles. The van der Waals surface area contributed by atoms with Crippen LogP contribution in [-0.4, -0.2) is 51.4 Å². The Hall–Kier alpha value is -1.69. The van der Waals surface area contributed by atoms with Crippen LogP contribution in [0.15, 0.2) is 24.3 Å². The van der Waals surface area contributed by atoms with Gasteiger partial charge in [0.15, 0.2) is 0 Å². The standard InChI is InChI=1S/C21H28N2O3S/c1-14(16-6-7-16)22(12-15-4-8-17(26-3)9-5-15)20(25)18-13-27-21(2)11-10-19(24)23(18)21/h4-5,8-9,14,16,18H,6-7,10-13H2,1-3H3. The van der Waals surface area contributed by atoms with Crippen LogP contribution in [0.3, 0.4) is 0 Å². The van der Waals surface area contributed by atoms with Crippen molar-refractivity contribution >= 4 is 23.6 Å².